The summed E-state index contributed by atoms with van der Waals surface area (Å²) in [6.45, 7) is 2.96. The van der Waals surface area contributed by atoms with E-state index < -0.39 is 0 Å². The first-order valence-corrected chi connectivity index (χ1v) is 10.2. The van der Waals surface area contributed by atoms with E-state index in [1.807, 2.05) is 66.4 Å². The van der Waals surface area contributed by atoms with Crippen molar-refractivity contribution in [2.24, 2.45) is 0 Å². The van der Waals surface area contributed by atoms with Crippen molar-refractivity contribution in [3.05, 3.63) is 80.3 Å². The number of hydrogen-bond acceptors (Lipinski definition) is 4. The second kappa shape index (κ2) is 7.29. The van der Waals surface area contributed by atoms with Crippen molar-refractivity contribution >= 4 is 38.7 Å². The average Bonchev–Trinajstić information content (AvgIpc) is 3.16. The van der Waals surface area contributed by atoms with Gasteiger partial charge in [0.25, 0.3) is 0 Å². The van der Waals surface area contributed by atoms with Crippen LogP contribution in [0.15, 0.2) is 64.8 Å². The number of thiazole rings is 1. The van der Waals surface area contributed by atoms with E-state index in [4.69, 9.17) is 10.4 Å². The molecule has 4 rings (SSSR count). The molecule has 6 heteroatoms. The number of aliphatic hydroxyl groups is 1. The smallest absolute Gasteiger partial charge is 0.135 e. The van der Waals surface area contributed by atoms with Gasteiger partial charge < -0.3 is 10.0 Å². The van der Waals surface area contributed by atoms with Crippen LogP contribution in [0.1, 0.15) is 15.4 Å². The third-order valence-corrected chi connectivity index (χ3v) is 6.04. The lowest BCUT2D eigenvalue weighted by Crippen LogP contribution is -2.25. The maximum Gasteiger partial charge on any atom is 0.135 e. The Kier molecular flexibility index (Phi) is 4.85. The third-order valence-electron chi connectivity index (χ3n) is 4.53. The summed E-state index contributed by atoms with van der Waals surface area (Å²) in [5, 5.41) is 19.8. The molecule has 0 aliphatic carbocycles. The summed E-state index contributed by atoms with van der Waals surface area (Å²) in [4.78, 5) is 7.69. The first kappa shape index (κ1) is 17.9. The number of amidine groups is 1. The van der Waals surface area contributed by atoms with E-state index in [-0.39, 0.29) is 5.76 Å². The number of aryl methyl sites for hydroxylation is 1. The van der Waals surface area contributed by atoms with Gasteiger partial charge in [0.2, 0.25) is 0 Å². The Hall–Kier alpha value is -2.44. The van der Waals surface area contributed by atoms with Gasteiger partial charge in [-0.2, -0.15) is 0 Å². The number of aliphatic hydroxyl groups excluding tert-OH is 1. The van der Waals surface area contributed by atoms with Crippen molar-refractivity contribution in [2.45, 2.75) is 13.5 Å². The number of nitrogens with one attached hydrogen (secondary N) is 1. The summed E-state index contributed by atoms with van der Waals surface area (Å²) in [6, 6.07) is 18.0. The van der Waals surface area contributed by atoms with Crippen LogP contribution in [-0.4, -0.2) is 27.4 Å². The number of nitrogens with zero attached hydrogens (tertiary/aromatic N) is 2. The Bertz CT molecular complexity index is 1030. The molecule has 0 atom stereocenters. The van der Waals surface area contributed by atoms with E-state index in [1.165, 1.54) is 11.3 Å². The fourth-order valence-electron chi connectivity index (χ4n) is 3.18. The highest BCUT2D eigenvalue weighted by Crippen LogP contribution is 2.35. The van der Waals surface area contributed by atoms with Crippen LogP contribution in [0.2, 0.25) is 0 Å². The number of benzene rings is 2. The summed E-state index contributed by atoms with van der Waals surface area (Å²) in [5.41, 5.74) is 3.59. The van der Waals surface area contributed by atoms with Gasteiger partial charge >= 0.3 is 0 Å². The minimum atomic E-state index is 0.215. The van der Waals surface area contributed by atoms with Crippen LogP contribution in [0.5, 0.6) is 0 Å². The molecule has 1 aliphatic rings. The van der Waals surface area contributed by atoms with Crippen LogP contribution in [0.25, 0.3) is 16.8 Å². The molecule has 0 spiro atoms. The molecule has 3 aromatic rings. The molecule has 0 saturated heterocycles. The Morgan fingerprint density at radius 1 is 1.15 bits per heavy atom. The first-order valence-electron chi connectivity index (χ1n) is 8.56. The lowest BCUT2D eigenvalue weighted by atomic mass is 10.1. The van der Waals surface area contributed by atoms with E-state index in [0.717, 1.165) is 26.2 Å². The maximum atomic E-state index is 10.5. The van der Waals surface area contributed by atoms with E-state index in [2.05, 4.69) is 15.9 Å². The highest BCUT2D eigenvalue weighted by Gasteiger charge is 2.30. The monoisotopic (exact) mass is 439 g/mol. The summed E-state index contributed by atoms with van der Waals surface area (Å²) >= 11 is 4.97. The average molecular weight is 440 g/mol. The van der Waals surface area contributed by atoms with Gasteiger partial charge in [0.05, 0.1) is 17.8 Å². The van der Waals surface area contributed by atoms with Gasteiger partial charge in [0, 0.05) is 21.5 Å². The predicted octanol–water partition coefficient (Wildman–Crippen LogP) is 5.64. The van der Waals surface area contributed by atoms with Crippen molar-refractivity contribution in [3.63, 3.8) is 0 Å². The Balaban J connectivity index is 1.61. The Labute approximate surface area is 170 Å². The van der Waals surface area contributed by atoms with Gasteiger partial charge in [0.15, 0.2) is 0 Å². The molecule has 2 heterocycles. The standard InChI is InChI=1S/C21H18BrN3OS/c1-13-19(15-7-9-16(22)10-8-15)24-21(27-13)18-17(26)12-25(20(18)23)11-14-5-3-2-4-6-14/h2-10,23,26H,11-12H2,1H3. The lowest BCUT2D eigenvalue weighted by Gasteiger charge is -2.18. The van der Waals surface area contributed by atoms with Gasteiger partial charge in [-0.3, -0.25) is 5.41 Å². The van der Waals surface area contributed by atoms with Crippen molar-refractivity contribution < 1.29 is 5.11 Å². The molecule has 0 fully saturated rings. The van der Waals surface area contributed by atoms with Crippen LogP contribution in [0.3, 0.4) is 0 Å². The third kappa shape index (κ3) is 3.55. The first-order chi connectivity index (χ1) is 13.0. The predicted molar refractivity (Wildman–Crippen MR) is 114 cm³/mol. The molecule has 2 N–H and O–H groups in total. The Morgan fingerprint density at radius 2 is 1.85 bits per heavy atom. The van der Waals surface area contributed by atoms with E-state index >= 15 is 0 Å². The molecule has 0 amide bonds. The van der Waals surface area contributed by atoms with E-state index in [9.17, 15) is 5.11 Å². The van der Waals surface area contributed by atoms with E-state index in [0.29, 0.717) is 29.5 Å². The van der Waals surface area contributed by atoms with Crippen LogP contribution in [0.4, 0.5) is 0 Å². The molecule has 4 nitrogen and oxygen atoms in total. The zero-order chi connectivity index (χ0) is 19.0. The van der Waals surface area contributed by atoms with Crippen molar-refractivity contribution in [1.82, 2.24) is 9.88 Å². The number of hydrogen-bond donors (Lipinski definition) is 2. The van der Waals surface area contributed by atoms with Crippen molar-refractivity contribution in [2.75, 3.05) is 6.54 Å². The quantitative estimate of drug-likeness (QED) is 0.552. The number of rotatable bonds is 4. The number of halogens is 1. The zero-order valence-corrected chi connectivity index (χ0v) is 17.1. The molecular formula is C21H18BrN3OS. The van der Waals surface area contributed by atoms with Crippen LogP contribution in [0, 0.1) is 12.3 Å². The van der Waals surface area contributed by atoms with Gasteiger partial charge in [-0.25, -0.2) is 4.98 Å². The molecule has 27 heavy (non-hydrogen) atoms. The molecular weight excluding hydrogens is 422 g/mol. The van der Waals surface area contributed by atoms with E-state index in [1.54, 1.807) is 0 Å². The largest absolute Gasteiger partial charge is 0.510 e. The molecule has 0 unspecified atom stereocenters. The second-order valence-electron chi connectivity index (χ2n) is 6.44. The molecule has 0 radical (unpaired) electrons. The molecule has 1 aromatic heterocycles. The highest BCUT2D eigenvalue weighted by molar-refractivity contribution is 9.10. The van der Waals surface area contributed by atoms with Crippen LogP contribution in [-0.2, 0) is 6.54 Å². The minimum Gasteiger partial charge on any atom is -0.510 e. The van der Waals surface area contributed by atoms with Gasteiger partial charge in [-0.15, -0.1) is 11.3 Å². The maximum absolute atomic E-state index is 10.5. The van der Waals surface area contributed by atoms with Crippen molar-refractivity contribution in [1.29, 1.82) is 5.41 Å². The fourth-order valence-corrected chi connectivity index (χ4v) is 4.44. The second-order valence-corrected chi connectivity index (χ2v) is 8.56. The molecule has 1 aliphatic heterocycles. The summed E-state index contributed by atoms with van der Waals surface area (Å²) in [6.07, 6.45) is 0. The summed E-state index contributed by atoms with van der Waals surface area (Å²) in [5.74, 6) is 0.541. The fraction of sp³-hybridized carbons (Fsp3) is 0.143. The number of aromatic nitrogens is 1. The minimum absolute atomic E-state index is 0.215. The van der Waals surface area contributed by atoms with Crippen molar-refractivity contribution in [3.8, 4) is 11.3 Å². The molecule has 0 saturated carbocycles. The topological polar surface area (TPSA) is 60.2 Å². The molecule has 2 aromatic carbocycles. The van der Waals surface area contributed by atoms with Gasteiger partial charge in [-0.05, 0) is 24.6 Å². The summed E-state index contributed by atoms with van der Waals surface area (Å²) < 4.78 is 1.02. The Morgan fingerprint density at radius 3 is 2.56 bits per heavy atom. The lowest BCUT2D eigenvalue weighted by molar-refractivity contribution is 0.347. The summed E-state index contributed by atoms with van der Waals surface area (Å²) in [7, 11) is 0. The van der Waals surface area contributed by atoms with Crippen LogP contribution < -0.4 is 0 Å². The molecule has 0 bridgehead atoms. The zero-order valence-electron chi connectivity index (χ0n) is 14.7. The highest BCUT2D eigenvalue weighted by atomic mass is 79.9. The van der Waals surface area contributed by atoms with Gasteiger partial charge in [-0.1, -0.05) is 58.4 Å². The molecule has 136 valence electrons. The normalized spacial score (nSPS) is 14.3. The van der Waals surface area contributed by atoms with Crippen LogP contribution >= 0.6 is 27.3 Å². The van der Waals surface area contributed by atoms with Gasteiger partial charge in [0.1, 0.15) is 16.6 Å². The SMILES string of the molecule is Cc1sc(C2=C(O)CN(Cc3ccccc3)C2=N)nc1-c1ccc(Br)cc1.